The Balaban J connectivity index is 1.89. The second-order valence-corrected chi connectivity index (χ2v) is 6.40. The van der Waals surface area contributed by atoms with Crippen molar-refractivity contribution >= 4 is 35.0 Å². The molecule has 1 fully saturated rings. The summed E-state index contributed by atoms with van der Waals surface area (Å²) >= 11 is 5.69. The second-order valence-electron chi connectivity index (χ2n) is 6.03. The predicted octanol–water partition coefficient (Wildman–Crippen LogP) is 3.65. The number of rotatable bonds is 2. The minimum absolute atomic E-state index is 0.367. The smallest absolute Gasteiger partial charge is 0.299 e. The molecular weight excluding hydrogens is 423 g/mol. The molecule has 0 bridgehead atoms. The van der Waals surface area contributed by atoms with Crippen molar-refractivity contribution in [3.8, 4) is 0 Å². The molecule has 1 saturated heterocycles. The number of benzene rings is 2. The van der Waals surface area contributed by atoms with E-state index in [0.29, 0.717) is 21.9 Å². The van der Waals surface area contributed by atoms with E-state index >= 15 is 0 Å². The van der Waals surface area contributed by atoms with E-state index in [-0.39, 0.29) is 5.69 Å². The molecule has 3 rings (SSSR count). The summed E-state index contributed by atoms with van der Waals surface area (Å²) in [5.41, 5.74) is -2.24. The maximum absolute atomic E-state index is 13.9. The molecule has 0 saturated carbocycles. The van der Waals surface area contributed by atoms with Crippen LogP contribution in [0.4, 0.5) is 27.6 Å². The molecule has 1 heterocycles. The first-order valence-electron chi connectivity index (χ1n) is 7.96. The van der Waals surface area contributed by atoms with Crippen LogP contribution in [0.5, 0.6) is 0 Å². The molecule has 2 aromatic carbocycles. The number of anilines is 1. The van der Waals surface area contributed by atoms with Crippen LogP contribution in [-0.4, -0.2) is 35.7 Å². The fourth-order valence-electron chi connectivity index (χ4n) is 2.78. The van der Waals surface area contributed by atoms with Gasteiger partial charge in [-0.3, -0.25) is 24.2 Å². The number of imide groups is 1. The lowest BCUT2D eigenvalue weighted by molar-refractivity contribution is -0.137. The van der Waals surface area contributed by atoms with Crippen LogP contribution in [0.25, 0.3) is 0 Å². The van der Waals surface area contributed by atoms with Crippen LogP contribution in [0.15, 0.2) is 36.4 Å². The van der Waals surface area contributed by atoms with Gasteiger partial charge < -0.3 is 0 Å². The zero-order valence-electron chi connectivity index (χ0n) is 14.3. The van der Waals surface area contributed by atoms with E-state index in [1.54, 1.807) is 0 Å². The highest BCUT2D eigenvalue weighted by Crippen LogP contribution is 2.36. The molecule has 0 unspecified atom stereocenters. The lowest BCUT2D eigenvalue weighted by Crippen LogP contribution is -2.56. The van der Waals surface area contributed by atoms with Gasteiger partial charge >= 0.3 is 6.18 Å². The third-order valence-electron chi connectivity index (χ3n) is 4.17. The van der Waals surface area contributed by atoms with Gasteiger partial charge in [-0.1, -0.05) is 17.7 Å². The highest BCUT2D eigenvalue weighted by Gasteiger charge is 2.39. The van der Waals surface area contributed by atoms with Gasteiger partial charge in [0.1, 0.15) is 24.7 Å². The van der Waals surface area contributed by atoms with Crippen LogP contribution in [0, 0.1) is 11.6 Å². The van der Waals surface area contributed by atoms with E-state index in [9.17, 15) is 36.3 Å². The monoisotopic (exact) mass is 432 g/mol. The van der Waals surface area contributed by atoms with E-state index in [0.717, 1.165) is 24.3 Å². The van der Waals surface area contributed by atoms with Crippen LogP contribution >= 0.6 is 11.6 Å². The minimum Gasteiger partial charge on any atom is -0.299 e. The summed E-state index contributed by atoms with van der Waals surface area (Å²) in [5.74, 6) is -5.03. The van der Waals surface area contributed by atoms with Crippen LogP contribution in [0.1, 0.15) is 15.9 Å². The third kappa shape index (κ3) is 3.93. The number of hydrogen-bond acceptors (Lipinski definition) is 3. The molecule has 0 radical (unpaired) electrons. The van der Waals surface area contributed by atoms with E-state index in [2.05, 4.69) is 0 Å². The Hall–Kier alpha value is -3.01. The van der Waals surface area contributed by atoms with E-state index in [1.165, 1.54) is 0 Å². The van der Waals surface area contributed by atoms with Gasteiger partial charge in [-0.25, -0.2) is 8.78 Å². The molecule has 152 valence electrons. The van der Waals surface area contributed by atoms with Gasteiger partial charge in [0.15, 0.2) is 0 Å². The Labute approximate surface area is 165 Å². The van der Waals surface area contributed by atoms with Crippen molar-refractivity contribution in [1.29, 1.82) is 0 Å². The molecule has 0 spiro atoms. The van der Waals surface area contributed by atoms with E-state index in [1.807, 2.05) is 0 Å². The zero-order chi connectivity index (χ0) is 21.5. The zero-order valence-corrected chi connectivity index (χ0v) is 15.0. The predicted molar refractivity (Wildman–Crippen MR) is 91.2 cm³/mol. The van der Waals surface area contributed by atoms with Gasteiger partial charge in [-0.2, -0.15) is 13.2 Å². The normalized spacial score (nSPS) is 15.1. The molecule has 1 aliphatic heterocycles. The molecule has 5 nitrogen and oxygen atoms in total. The maximum atomic E-state index is 13.9. The van der Waals surface area contributed by atoms with Crippen LogP contribution < -0.4 is 4.90 Å². The Morgan fingerprint density at radius 1 is 1.00 bits per heavy atom. The van der Waals surface area contributed by atoms with Gasteiger partial charge in [0, 0.05) is 6.07 Å². The van der Waals surface area contributed by atoms with Crippen molar-refractivity contribution < 1.29 is 36.3 Å². The fraction of sp³-hybridized carbons (Fsp3) is 0.167. The second kappa shape index (κ2) is 7.43. The van der Waals surface area contributed by atoms with Crippen LogP contribution in [-0.2, 0) is 15.8 Å². The summed E-state index contributed by atoms with van der Waals surface area (Å²) in [7, 11) is 0. The van der Waals surface area contributed by atoms with Gasteiger partial charge in [-0.15, -0.1) is 0 Å². The van der Waals surface area contributed by atoms with Gasteiger partial charge in [0.05, 0.1) is 21.8 Å². The summed E-state index contributed by atoms with van der Waals surface area (Å²) in [6.07, 6.45) is -4.83. The lowest BCUT2D eigenvalue weighted by atomic mass is 10.1. The highest BCUT2D eigenvalue weighted by molar-refractivity contribution is 6.35. The Morgan fingerprint density at radius 3 is 2.31 bits per heavy atom. The van der Waals surface area contributed by atoms with Gasteiger partial charge in [-0.05, 0) is 24.3 Å². The summed E-state index contributed by atoms with van der Waals surface area (Å²) < 4.78 is 65.9. The average Bonchev–Trinajstić information content (AvgIpc) is 2.62. The summed E-state index contributed by atoms with van der Waals surface area (Å²) in [6.45, 7) is -1.61. The number of halogens is 6. The summed E-state index contributed by atoms with van der Waals surface area (Å²) in [4.78, 5) is 38.4. The first-order chi connectivity index (χ1) is 13.5. The molecule has 0 aliphatic carbocycles. The number of piperazine rings is 1. The fourth-order valence-corrected chi connectivity index (χ4v) is 3.10. The summed E-state index contributed by atoms with van der Waals surface area (Å²) in [5, 5.41) is -0.905. The van der Waals surface area contributed by atoms with Crippen LogP contribution in [0.2, 0.25) is 5.02 Å². The average molecular weight is 433 g/mol. The number of nitrogens with zero attached hydrogens (tertiary/aromatic N) is 2. The SMILES string of the molecule is O=C1CN(c2ccc(F)cc2F)C(=O)CN1C(=O)c1cccc(C(F)(F)F)c1Cl. The molecule has 11 heteroatoms. The number of hydrogen-bond donors (Lipinski definition) is 0. The van der Waals surface area contributed by atoms with Crippen molar-refractivity contribution in [2.75, 3.05) is 18.0 Å². The third-order valence-corrected chi connectivity index (χ3v) is 4.58. The number of alkyl halides is 3. The lowest BCUT2D eigenvalue weighted by Gasteiger charge is -2.33. The molecular formula is C18H10ClF5N2O3. The first kappa shape index (κ1) is 20.7. The van der Waals surface area contributed by atoms with Crippen molar-refractivity contribution in [2.45, 2.75) is 6.18 Å². The van der Waals surface area contributed by atoms with Crippen molar-refractivity contribution in [3.05, 3.63) is 64.2 Å². The quantitative estimate of drug-likeness (QED) is 0.537. The molecule has 2 aromatic rings. The Kier molecular flexibility index (Phi) is 5.31. The van der Waals surface area contributed by atoms with E-state index in [4.69, 9.17) is 11.6 Å². The standard InChI is InChI=1S/C18H10ClF5N2O3/c19-16-10(2-1-3-11(16)18(22,23)24)17(29)26-8-14(27)25(7-15(26)28)13-5-4-9(20)6-12(13)21/h1-6H,7-8H2. The molecule has 29 heavy (non-hydrogen) atoms. The maximum Gasteiger partial charge on any atom is 0.417 e. The van der Waals surface area contributed by atoms with Crippen molar-refractivity contribution in [1.82, 2.24) is 4.90 Å². The number of carbonyl (C=O) groups excluding carboxylic acids is 3. The summed E-state index contributed by atoms with van der Waals surface area (Å²) in [6, 6.07) is 4.96. The van der Waals surface area contributed by atoms with Crippen molar-refractivity contribution in [2.24, 2.45) is 0 Å². The molecule has 1 aliphatic rings. The Morgan fingerprint density at radius 2 is 1.69 bits per heavy atom. The largest absolute Gasteiger partial charge is 0.417 e. The van der Waals surface area contributed by atoms with Gasteiger partial charge in [0.25, 0.3) is 5.91 Å². The molecule has 0 atom stereocenters. The number of carbonyl (C=O) groups is 3. The van der Waals surface area contributed by atoms with Gasteiger partial charge in [0.2, 0.25) is 11.8 Å². The highest BCUT2D eigenvalue weighted by atomic mass is 35.5. The minimum atomic E-state index is -4.83. The first-order valence-corrected chi connectivity index (χ1v) is 8.34. The van der Waals surface area contributed by atoms with Crippen molar-refractivity contribution in [3.63, 3.8) is 0 Å². The molecule has 0 N–H and O–H groups in total. The number of amides is 3. The topological polar surface area (TPSA) is 57.7 Å². The molecule has 3 amide bonds. The van der Waals surface area contributed by atoms with Crippen LogP contribution in [0.3, 0.4) is 0 Å². The van der Waals surface area contributed by atoms with E-state index < -0.39 is 64.8 Å². The Bertz CT molecular complexity index is 1030. The molecule has 0 aromatic heterocycles.